The van der Waals surface area contributed by atoms with Crippen molar-refractivity contribution < 1.29 is 19.1 Å². The minimum absolute atomic E-state index is 0.0143. The molecule has 1 atom stereocenters. The first-order valence-electron chi connectivity index (χ1n) is 9.32. The Morgan fingerprint density at radius 2 is 1.79 bits per heavy atom. The van der Waals surface area contributed by atoms with Gasteiger partial charge in [-0.15, -0.1) is 0 Å². The molecule has 0 fully saturated rings. The highest BCUT2D eigenvalue weighted by Gasteiger charge is 2.25. The molecule has 0 saturated heterocycles. The van der Waals surface area contributed by atoms with E-state index >= 15 is 0 Å². The minimum Gasteiger partial charge on any atom is -0.444 e. The summed E-state index contributed by atoms with van der Waals surface area (Å²) in [5, 5.41) is 5.88. The monoisotopic (exact) mass is 418 g/mol. The highest BCUT2D eigenvalue weighted by molar-refractivity contribution is 6.31. The first-order chi connectivity index (χ1) is 13.6. The van der Waals surface area contributed by atoms with Gasteiger partial charge in [-0.25, -0.2) is 4.79 Å². The summed E-state index contributed by atoms with van der Waals surface area (Å²) in [6.07, 6.45) is -0.691. The van der Waals surface area contributed by atoms with Crippen molar-refractivity contribution in [3.8, 4) is 0 Å². The van der Waals surface area contributed by atoms with Crippen molar-refractivity contribution >= 4 is 29.3 Å². The fourth-order valence-corrected chi connectivity index (χ4v) is 2.62. The van der Waals surface area contributed by atoms with Gasteiger partial charge in [-0.05, 0) is 51.0 Å². The third kappa shape index (κ3) is 8.13. The molecule has 2 aromatic rings. The van der Waals surface area contributed by atoms with Crippen LogP contribution >= 0.6 is 11.6 Å². The summed E-state index contributed by atoms with van der Waals surface area (Å²) >= 11 is 6.02. The standard InChI is InChI=1S/C22H27ClN2O4/c1-15-10-11-17(23)12-18(15)24-20(26)19(25-21(27)29-22(2,3)4)14-28-13-16-8-6-5-7-9-16/h5-12,19H,13-14H2,1-4H3,(H,24,26)(H,25,27)/t19-/m0/s1. The maximum Gasteiger partial charge on any atom is 0.408 e. The highest BCUT2D eigenvalue weighted by Crippen LogP contribution is 2.20. The first-order valence-corrected chi connectivity index (χ1v) is 9.70. The van der Waals surface area contributed by atoms with E-state index in [0.29, 0.717) is 17.3 Å². The number of halogens is 1. The Bertz CT molecular complexity index is 834. The van der Waals surface area contributed by atoms with Crippen molar-refractivity contribution in [1.29, 1.82) is 0 Å². The van der Waals surface area contributed by atoms with Gasteiger partial charge in [0.25, 0.3) is 0 Å². The van der Waals surface area contributed by atoms with Gasteiger partial charge in [-0.1, -0.05) is 48.0 Å². The molecule has 0 aliphatic carbocycles. The molecule has 2 amide bonds. The van der Waals surface area contributed by atoms with Crippen molar-refractivity contribution in [3.63, 3.8) is 0 Å². The number of benzene rings is 2. The molecular formula is C22H27ClN2O4. The fourth-order valence-electron chi connectivity index (χ4n) is 2.45. The second-order valence-corrected chi connectivity index (χ2v) is 8.08. The van der Waals surface area contributed by atoms with Crippen LogP contribution in [-0.2, 0) is 20.9 Å². The molecular weight excluding hydrogens is 392 g/mol. The second-order valence-electron chi connectivity index (χ2n) is 7.65. The molecule has 6 nitrogen and oxygen atoms in total. The maximum atomic E-state index is 12.8. The lowest BCUT2D eigenvalue weighted by molar-refractivity contribution is -0.119. The molecule has 0 heterocycles. The van der Waals surface area contributed by atoms with Crippen LogP contribution in [0.3, 0.4) is 0 Å². The van der Waals surface area contributed by atoms with Crippen molar-refractivity contribution in [2.75, 3.05) is 11.9 Å². The van der Waals surface area contributed by atoms with Crippen LogP contribution in [0.25, 0.3) is 0 Å². The lowest BCUT2D eigenvalue weighted by Crippen LogP contribution is -2.48. The summed E-state index contributed by atoms with van der Waals surface area (Å²) in [6.45, 7) is 7.42. The summed E-state index contributed by atoms with van der Waals surface area (Å²) in [5.74, 6) is -0.422. The normalized spacial score (nSPS) is 12.2. The molecule has 2 rings (SSSR count). The van der Waals surface area contributed by atoms with Gasteiger partial charge in [-0.2, -0.15) is 0 Å². The summed E-state index contributed by atoms with van der Waals surface area (Å²) in [5.41, 5.74) is 1.71. The van der Waals surface area contributed by atoms with Gasteiger partial charge in [0.1, 0.15) is 11.6 Å². The molecule has 0 unspecified atom stereocenters. The summed E-state index contributed by atoms with van der Waals surface area (Å²) in [4.78, 5) is 25.0. The summed E-state index contributed by atoms with van der Waals surface area (Å²) in [7, 11) is 0. The van der Waals surface area contributed by atoms with Gasteiger partial charge in [-0.3, -0.25) is 4.79 Å². The van der Waals surface area contributed by atoms with Gasteiger partial charge in [0.2, 0.25) is 5.91 Å². The highest BCUT2D eigenvalue weighted by atomic mass is 35.5. The number of carbonyl (C=O) groups excluding carboxylic acids is 2. The molecule has 0 aliphatic heterocycles. The number of hydrogen-bond donors (Lipinski definition) is 2. The third-order valence-corrected chi connectivity index (χ3v) is 4.10. The van der Waals surface area contributed by atoms with E-state index in [4.69, 9.17) is 21.1 Å². The Hall–Kier alpha value is -2.57. The summed E-state index contributed by atoms with van der Waals surface area (Å²) < 4.78 is 10.9. The largest absolute Gasteiger partial charge is 0.444 e. The average Bonchev–Trinajstić information content (AvgIpc) is 2.63. The molecule has 7 heteroatoms. The molecule has 0 radical (unpaired) electrons. The zero-order valence-corrected chi connectivity index (χ0v) is 17.9. The molecule has 0 bridgehead atoms. The van der Waals surface area contributed by atoms with Crippen LogP contribution in [0.15, 0.2) is 48.5 Å². The Kier molecular flexibility index (Phi) is 8.05. The number of alkyl carbamates (subject to hydrolysis) is 1. The zero-order valence-electron chi connectivity index (χ0n) is 17.1. The van der Waals surface area contributed by atoms with Gasteiger partial charge >= 0.3 is 6.09 Å². The van der Waals surface area contributed by atoms with E-state index in [1.165, 1.54) is 0 Å². The molecule has 0 saturated carbocycles. The molecule has 0 spiro atoms. The number of aryl methyl sites for hydroxylation is 1. The SMILES string of the molecule is Cc1ccc(Cl)cc1NC(=O)[C@H](COCc1ccccc1)NC(=O)OC(C)(C)C. The van der Waals surface area contributed by atoms with Gasteiger partial charge < -0.3 is 20.1 Å². The van der Waals surface area contributed by atoms with E-state index in [1.54, 1.807) is 39.0 Å². The Morgan fingerprint density at radius 3 is 2.45 bits per heavy atom. The molecule has 2 N–H and O–H groups in total. The van der Waals surface area contributed by atoms with E-state index in [1.807, 2.05) is 37.3 Å². The molecule has 156 valence electrons. The number of rotatable bonds is 7. The fraction of sp³-hybridized carbons (Fsp3) is 0.364. The van der Waals surface area contributed by atoms with Crippen LogP contribution in [0, 0.1) is 6.92 Å². The predicted molar refractivity (Wildman–Crippen MR) is 114 cm³/mol. The van der Waals surface area contributed by atoms with Gasteiger partial charge in [0, 0.05) is 10.7 Å². The first kappa shape index (κ1) is 22.7. The lowest BCUT2D eigenvalue weighted by Gasteiger charge is -2.23. The van der Waals surface area contributed by atoms with Crippen LogP contribution < -0.4 is 10.6 Å². The van der Waals surface area contributed by atoms with E-state index in [0.717, 1.165) is 11.1 Å². The number of carbonyl (C=O) groups is 2. The van der Waals surface area contributed by atoms with Crippen LogP contribution in [0.2, 0.25) is 5.02 Å². The number of hydrogen-bond acceptors (Lipinski definition) is 4. The van der Waals surface area contributed by atoms with E-state index in [2.05, 4.69) is 10.6 Å². The van der Waals surface area contributed by atoms with Crippen LogP contribution in [0.1, 0.15) is 31.9 Å². The van der Waals surface area contributed by atoms with Crippen molar-refractivity contribution in [1.82, 2.24) is 5.32 Å². The number of anilines is 1. The zero-order chi connectivity index (χ0) is 21.4. The minimum atomic E-state index is -0.938. The van der Waals surface area contributed by atoms with Gasteiger partial charge in [0.05, 0.1) is 13.2 Å². The second kappa shape index (κ2) is 10.3. The molecule has 0 aliphatic rings. The average molecular weight is 419 g/mol. The third-order valence-electron chi connectivity index (χ3n) is 3.86. The van der Waals surface area contributed by atoms with Crippen molar-refractivity contribution in [2.24, 2.45) is 0 Å². The smallest absolute Gasteiger partial charge is 0.408 e. The maximum absolute atomic E-state index is 12.8. The number of ether oxygens (including phenoxy) is 2. The number of amides is 2. The summed E-state index contributed by atoms with van der Waals surface area (Å²) in [6, 6.07) is 13.8. The molecule has 0 aromatic heterocycles. The van der Waals surface area contributed by atoms with Crippen LogP contribution in [0.5, 0.6) is 0 Å². The van der Waals surface area contributed by atoms with Crippen LogP contribution in [0.4, 0.5) is 10.5 Å². The Labute approximate surface area is 176 Å². The van der Waals surface area contributed by atoms with Crippen molar-refractivity contribution in [2.45, 2.75) is 45.9 Å². The Morgan fingerprint density at radius 1 is 1.10 bits per heavy atom. The Balaban J connectivity index is 2.06. The van der Waals surface area contributed by atoms with Gasteiger partial charge in [0.15, 0.2) is 0 Å². The molecule has 29 heavy (non-hydrogen) atoms. The quantitative estimate of drug-likeness (QED) is 0.683. The predicted octanol–water partition coefficient (Wildman–Crippen LogP) is 4.70. The van der Waals surface area contributed by atoms with E-state index < -0.39 is 23.6 Å². The van der Waals surface area contributed by atoms with Crippen LogP contribution in [-0.4, -0.2) is 30.3 Å². The lowest BCUT2D eigenvalue weighted by atomic mass is 10.2. The topological polar surface area (TPSA) is 76.7 Å². The van der Waals surface area contributed by atoms with E-state index in [9.17, 15) is 9.59 Å². The van der Waals surface area contributed by atoms with Crippen molar-refractivity contribution in [3.05, 3.63) is 64.7 Å². The number of nitrogens with one attached hydrogen (secondary N) is 2. The van der Waals surface area contributed by atoms with E-state index in [-0.39, 0.29) is 6.61 Å². The molecule has 2 aromatic carbocycles.